The topological polar surface area (TPSA) is 55.2 Å². The summed E-state index contributed by atoms with van der Waals surface area (Å²) < 4.78 is 1.55. The highest BCUT2D eigenvalue weighted by Gasteiger charge is 2.23. The van der Waals surface area contributed by atoms with Crippen molar-refractivity contribution in [1.29, 1.82) is 0 Å². The minimum Gasteiger partial charge on any atom is -0.308 e. The summed E-state index contributed by atoms with van der Waals surface area (Å²) in [4.78, 5) is 33.0. The van der Waals surface area contributed by atoms with E-state index in [0.29, 0.717) is 23.8 Å². The smallest absolute Gasteiger partial charge is 0.265 e. The first kappa shape index (κ1) is 20.8. The minimum atomic E-state index is -0.363. The molecule has 6 heteroatoms. The number of benzene rings is 2. The fraction of sp³-hybridized carbons (Fsp3) is 0.160. The van der Waals surface area contributed by atoms with Crippen LogP contribution in [0, 0.1) is 6.92 Å². The van der Waals surface area contributed by atoms with E-state index in [-0.39, 0.29) is 17.0 Å². The van der Waals surface area contributed by atoms with E-state index in [1.165, 1.54) is 0 Å². The van der Waals surface area contributed by atoms with E-state index in [1.54, 1.807) is 39.9 Å². The summed E-state index contributed by atoms with van der Waals surface area (Å²) in [6.45, 7) is 4.60. The number of hydrogen-bond acceptors (Lipinski definition) is 3. The predicted octanol–water partition coefficient (Wildman–Crippen LogP) is 5.07. The number of rotatable bonds is 5. The minimum absolute atomic E-state index is 0.125. The molecule has 2 heterocycles. The first-order valence-corrected chi connectivity index (χ1v) is 10.5. The second-order valence-electron chi connectivity index (χ2n) is 7.33. The second-order valence-corrected chi connectivity index (χ2v) is 7.76. The van der Waals surface area contributed by atoms with Gasteiger partial charge in [-0.15, -0.1) is 0 Å². The summed E-state index contributed by atoms with van der Waals surface area (Å²) in [6.07, 6.45) is 1.65. The lowest BCUT2D eigenvalue weighted by Gasteiger charge is -2.23. The number of carbonyl (C=O) groups excluding carboxylic acids is 1. The average molecular weight is 432 g/mol. The molecule has 0 saturated heterocycles. The van der Waals surface area contributed by atoms with E-state index >= 15 is 0 Å². The summed E-state index contributed by atoms with van der Waals surface area (Å²) in [5.41, 5.74) is 2.97. The van der Waals surface area contributed by atoms with Crippen LogP contribution >= 0.6 is 11.6 Å². The van der Waals surface area contributed by atoms with Crippen LogP contribution in [0.25, 0.3) is 11.0 Å². The van der Waals surface area contributed by atoms with Crippen molar-refractivity contribution in [2.24, 2.45) is 0 Å². The SMILES string of the molecule is CCN(C(=O)c1cc2cccnc2n(Cc2ccc(Cl)cc2)c1=O)c1ccccc1C. The molecule has 2 aromatic heterocycles. The summed E-state index contributed by atoms with van der Waals surface area (Å²) in [5.74, 6) is -0.322. The zero-order valence-electron chi connectivity index (χ0n) is 17.4. The molecule has 0 fully saturated rings. The average Bonchev–Trinajstić information content (AvgIpc) is 2.78. The van der Waals surface area contributed by atoms with Crippen LogP contribution < -0.4 is 10.5 Å². The van der Waals surface area contributed by atoms with Gasteiger partial charge in [0.05, 0.1) is 6.54 Å². The van der Waals surface area contributed by atoms with Gasteiger partial charge in [-0.1, -0.05) is 41.9 Å². The van der Waals surface area contributed by atoms with Crippen LogP contribution in [0.2, 0.25) is 5.02 Å². The van der Waals surface area contributed by atoms with Crippen molar-refractivity contribution in [2.45, 2.75) is 20.4 Å². The third-order valence-corrected chi connectivity index (χ3v) is 5.55. The number of fused-ring (bicyclic) bond motifs is 1. The Labute approximate surface area is 185 Å². The first-order valence-electron chi connectivity index (χ1n) is 10.1. The van der Waals surface area contributed by atoms with Crippen LogP contribution in [0.3, 0.4) is 0 Å². The van der Waals surface area contributed by atoms with E-state index < -0.39 is 0 Å². The number of halogens is 1. The zero-order chi connectivity index (χ0) is 22.0. The van der Waals surface area contributed by atoms with Crippen LogP contribution in [0.1, 0.15) is 28.4 Å². The van der Waals surface area contributed by atoms with Gasteiger partial charge in [0.15, 0.2) is 0 Å². The van der Waals surface area contributed by atoms with Crippen molar-refractivity contribution < 1.29 is 4.79 Å². The Hall–Kier alpha value is -3.44. The Kier molecular flexibility index (Phi) is 5.87. The molecule has 2 aromatic carbocycles. The van der Waals surface area contributed by atoms with Crippen molar-refractivity contribution in [3.63, 3.8) is 0 Å². The second kappa shape index (κ2) is 8.74. The lowest BCUT2D eigenvalue weighted by molar-refractivity contribution is 0.0986. The number of anilines is 1. The fourth-order valence-electron chi connectivity index (χ4n) is 3.71. The van der Waals surface area contributed by atoms with Gasteiger partial charge in [-0.2, -0.15) is 0 Å². The lowest BCUT2D eigenvalue weighted by Crippen LogP contribution is -2.37. The molecular formula is C25H22ClN3O2. The van der Waals surface area contributed by atoms with Crippen LogP contribution in [0.5, 0.6) is 0 Å². The molecule has 1 amide bonds. The Balaban J connectivity index is 1.85. The van der Waals surface area contributed by atoms with Gasteiger partial charge in [0.1, 0.15) is 11.2 Å². The Morgan fingerprint density at radius 3 is 2.52 bits per heavy atom. The number of hydrogen-bond donors (Lipinski definition) is 0. The van der Waals surface area contributed by atoms with E-state index in [2.05, 4.69) is 4.98 Å². The molecule has 0 spiro atoms. The number of amides is 1. The summed E-state index contributed by atoms with van der Waals surface area (Å²) in [7, 11) is 0. The molecule has 4 rings (SSSR count). The summed E-state index contributed by atoms with van der Waals surface area (Å²) in [6, 6.07) is 20.3. The van der Waals surface area contributed by atoms with Crippen LogP contribution in [0.15, 0.2) is 77.7 Å². The summed E-state index contributed by atoms with van der Waals surface area (Å²) >= 11 is 6.00. The molecule has 0 radical (unpaired) electrons. The zero-order valence-corrected chi connectivity index (χ0v) is 18.1. The number of carbonyl (C=O) groups is 1. The van der Waals surface area contributed by atoms with E-state index in [1.807, 2.05) is 56.3 Å². The van der Waals surface area contributed by atoms with Crippen LogP contribution in [-0.4, -0.2) is 22.0 Å². The Morgan fingerprint density at radius 1 is 1.06 bits per heavy atom. The number of para-hydroxylation sites is 1. The third kappa shape index (κ3) is 4.09. The van der Waals surface area contributed by atoms with Gasteiger partial charge < -0.3 is 4.90 Å². The van der Waals surface area contributed by atoms with Gasteiger partial charge in [-0.3, -0.25) is 14.2 Å². The molecule has 156 valence electrons. The van der Waals surface area contributed by atoms with Gasteiger partial charge in [-0.05, 0) is 61.4 Å². The van der Waals surface area contributed by atoms with Gasteiger partial charge in [0.2, 0.25) is 0 Å². The number of pyridine rings is 2. The van der Waals surface area contributed by atoms with Crippen LogP contribution in [0.4, 0.5) is 5.69 Å². The molecule has 0 aliphatic heterocycles. The fourth-order valence-corrected chi connectivity index (χ4v) is 3.84. The van der Waals surface area contributed by atoms with E-state index in [9.17, 15) is 9.59 Å². The summed E-state index contributed by atoms with van der Waals surface area (Å²) in [5, 5.41) is 1.36. The maximum atomic E-state index is 13.5. The van der Waals surface area contributed by atoms with Crippen molar-refractivity contribution in [2.75, 3.05) is 11.4 Å². The number of nitrogens with zero attached hydrogens (tertiary/aromatic N) is 3. The highest BCUT2D eigenvalue weighted by Crippen LogP contribution is 2.22. The van der Waals surface area contributed by atoms with Crippen molar-refractivity contribution in [3.05, 3.63) is 105 Å². The highest BCUT2D eigenvalue weighted by molar-refractivity contribution is 6.30. The van der Waals surface area contributed by atoms with Gasteiger partial charge in [-0.25, -0.2) is 4.98 Å². The number of aryl methyl sites for hydroxylation is 1. The number of aromatic nitrogens is 2. The molecule has 0 unspecified atom stereocenters. The molecule has 0 saturated carbocycles. The van der Waals surface area contributed by atoms with Gasteiger partial charge in [0, 0.05) is 28.8 Å². The predicted molar refractivity (Wildman–Crippen MR) is 125 cm³/mol. The highest BCUT2D eigenvalue weighted by atomic mass is 35.5. The first-order chi connectivity index (χ1) is 15.0. The maximum absolute atomic E-state index is 13.5. The van der Waals surface area contributed by atoms with E-state index in [4.69, 9.17) is 11.6 Å². The molecule has 4 aromatic rings. The van der Waals surface area contributed by atoms with Crippen molar-refractivity contribution in [1.82, 2.24) is 9.55 Å². The molecule has 31 heavy (non-hydrogen) atoms. The third-order valence-electron chi connectivity index (χ3n) is 5.30. The molecule has 0 bridgehead atoms. The molecule has 0 aliphatic carbocycles. The molecule has 0 atom stereocenters. The standard InChI is InChI=1S/C25H22ClN3O2/c1-3-28(22-9-5-4-7-17(22)2)24(30)21-15-19-8-6-14-27-23(19)29(25(21)31)16-18-10-12-20(26)13-11-18/h4-15H,3,16H2,1-2H3. The maximum Gasteiger partial charge on any atom is 0.265 e. The molecule has 5 nitrogen and oxygen atoms in total. The van der Waals surface area contributed by atoms with Gasteiger partial charge >= 0.3 is 0 Å². The quantitative estimate of drug-likeness (QED) is 0.443. The largest absolute Gasteiger partial charge is 0.308 e. The van der Waals surface area contributed by atoms with Crippen molar-refractivity contribution in [3.8, 4) is 0 Å². The Morgan fingerprint density at radius 2 is 1.81 bits per heavy atom. The molecule has 0 aliphatic rings. The monoisotopic (exact) mass is 431 g/mol. The van der Waals surface area contributed by atoms with Crippen LogP contribution in [-0.2, 0) is 6.54 Å². The van der Waals surface area contributed by atoms with Crippen molar-refractivity contribution >= 4 is 34.2 Å². The van der Waals surface area contributed by atoms with E-state index in [0.717, 1.165) is 22.2 Å². The lowest BCUT2D eigenvalue weighted by atomic mass is 10.1. The van der Waals surface area contributed by atoms with Gasteiger partial charge in [0.25, 0.3) is 11.5 Å². The molecular weight excluding hydrogens is 410 g/mol. The normalized spacial score (nSPS) is 10.9. The molecule has 0 N–H and O–H groups in total. The Bertz CT molecular complexity index is 1310.